The maximum absolute atomic E-state index is 15.0. The Morgan fingerprint density at radius 2 is 1.85 bits per heavy atom. The second kappa shape index (κ2) is 15.7. The highest BCUT2D eigenvalue weighted by atomic mass is 16.5. The van der Waals surface area contributed by atoms with E-state index in [1.807, 2.05) is 44.0 Å². The molecule has 0 spiro atoms. The molecule has 330 valence electrons. The Labute approximate surface area is 359 Å². The number of aliphatic hydroxyl groups excluding tert-OH is 2. The summed E-state index contributed by atoms with van der Waals surface area (Å²) in [5.74, 6) is -0.712. The number of amides is 1. The molecule has 2 aromatic carbocycles. The molecule has 8 unspecified atom stereocenters. The number of H-pyrrole nitrogens is 1. The quantitative estimate of drug-likeness (QED) is 0.101. The van der Waals surface area contributed by atoms with Crippen LogP contribution in [-0.2, 0) is 32.6 Å². The lowest BCUT2D eigenvalue weighted by Crippen LogP contribution is -2.82. The fraction of sp³-hybridized carbons (Fsp3) is 0.625. The van der Waals surface area contributed by atoms with E-state index >= 15 is 0 Å². The van der Waals surface area contributed by atoms with E-state index in [2.05, 4.69) is 50.5 Å². The number of para-hydroxylation sites is 1. The molecule has 6 N–H and O–H groups in total. The molecule has 13 heteroatoms. The van der Waals surface area contributed by atoms with Crippen LogP contribution >= 0.6 is 0 Å². The minimum absolute atomic E-state index is 0.00592. The number of ether oxygens (including phenoxy) is 2. The van der Waals surface area contributed by atoms with Gasteiger partial charge in [-0.1, -0.05) is 44.2 Å². The third-order valence-corrected chi connectivity index (χ3v) is 16.3. The second-order valence-electron chi connectivity index (χ2n) is 19.2. The van der Waals surface area contributed by atoms with Crippen LogP contribution in [0.1, 0.15) is 80.7 Å². The molecular formula is C48H65N5O8. The van der Waals surface area contributed by atoms with Crippen molar-refractivity contribution >= 4 is 28.5 Å². The number of nitrogens with zero attached hydrogens (tertiary/aromatic N) is 3. The van der Waals surface area contributed by atoms with Gasteiger partial charge in [-0.25, -0.2) is 0 Å². The van der Waals surface area contributed by atoms with Gasteiger partial charge in [-0.2, -0.15) is 0 Å². The number of aromatic amines is 1. The van der Waals surface area contributed by atoms with Gasteiger partial charge in [0, 0.05) is 92.1 Å². The fourth-order valence-electron chi connectivity index (χ4n) is 13.6. The first-order chi connectivity index (χ1) is 29.3. The second-order valence-corrected chi connectivity index (χ2v) is 19.2. The van der Waals surface area contributed by atoms with E-state index in [0.29, 0.717) is 50.8 Å². The largest absolute Gasteiger partial charge is 0.496 e. The maximum atomic E-state index is 15.0. The Morgan fingerprint density at radius 3 is 2.59 bits per heavy atom. The number of rotatable bonds is 10. The number of methoxy groups -OCH3 is 2. The summed E-state index contributed by atoms with van der Waals surface area (Å²) in [4.78, 5) is 39.9. The number of piperidine rings is 2. The average Bonchev–Trinajstić information content (AvgIpc) is 3.66. The van der Waals surface area contributed by atoms with Gasteiger partial charge < -0.3 is 45.1 Å². The summed E-state index contributed by atoms with van der Waals surface area (Å²) in [6.07, 6.45) is 7.02. The number of benzene rings is 2. The van der Waals surface area contributed by atoms with E-state index in [1.165, 1.54) is 7.11 Å². The normalized spacial score (nSPS) is 36.5. The molecule has 2 bridgehead atoms. The predicted molar refractivity (Wildman–Crippen MR) is 233 cm³/mol. The van der Waals surface area contributed by atoms with Gasteiger partial charge in [-0.15, -0.1) is 0 Å². The van der Waals surface area contributed by atoms with Crippen molar-refractivity contribution in [2.45, 2.75) is 106 Å². The molecule has 6 heterocycles. The van der Waals surface area contributed by atoms with Gasteiger partial charge in [0.2, 0.25) is 0 Å². The molecule has 9 rings (SSSR count). The average molecular weight is 840 g/mol. The summed E-state index contributed by atoms with van der Waals surface area (Å²) < 4.78 is 12.1. The van der Waals surface area contributed by atoms with Gasteiger partial charge in [0.25, 0.3) is 5.91 Å². The van der Waals surface area contributed by atoms with E-state index in [-0.39, 0.29) is 49.3 Å². The lowest BCUT2D eigenvalue weighted by Gasteiger charge is -2.68. The minimum Gasteiger partial charge on any atom is -0.496 e. The minimum atomic E-state index is -2.18. The van der Waals surface area contributed by atoms with Crippen molar-refractivity contribution in [1.82, 2.24) is 20.1 Å². The van der Waals surface area contributed by atoms with Crippen LogP contribution in [0, 0.1) is 17.3 Å². The van der Waals surface area contributed by atoms with E-state index in [0.717, 1.165) is 71.6 Å². The zero-order chi connectivity index (χ0) is 43.1. The summed E-state index contributed by atoms with van der Waals surface area (Å²) in [6, 6.07) is 11.5. The van der Waals surface area contributed by atoms with E-state index in [9.17, 15) is 30.0 Å². The van der Waals surface area contributed by atoms with Crippen molar-refractivity contribution in [3.05, 3.63) is 70.9 Å². The number of aliphatic hydroxyl groups is 4. The molecule has 5 aliphatic heterocycles. The van der Waals surface area contributed by atoms with E-state index in [4.69, 9.17) is 9.47 Å². The zero-order valence-corrected chi connectivity index (χ0v) is 36.5. The number of hydrogen-bond donors (Lipinski definition) is 6. The topological polar surface area (TPSA) is 171 Å². The van der Waals surface area contributed by atoms with Crippen LogP contribution in [0.3, 0.4) is 0 Å². The summed E-state index contributed by atoms with van der Waals surface area (Å²) in [7, 11) is 5.01. The van der Waals surface area contributed by atoms with Crippen LogP contribution in [0.4, 0.5) is 5.69 Å². The van der Waals surface area contributed by atoms with E-state index in [1.54, 1.807) is 7.11 Å². The van der Waals surface area contributed by atoms with Crippen LogP contribution in [0.25, 0.3) is 10.9 Å². The number of esters is 1. The summed E-state index contributed by atoms with van der Waals surface area (Å²) in [5.41, 5.74) is 0.587. The van der Waals surface area contributed by atoms with Crippen LogP contribution in [-0.4, -0.2) is 144 Å². The lowest BCUT2D eigenvalue weighted by atomic mass is 9.48. The number of likely N-dealkylation sites (N-methyl/N-ethyl adjacent to an activating group) is 1. The zero-order valence-electron chi connectivity index (χ0n) is 36.5. The number of anilines is 1. The van der Waals surface area contributed by atoms with Crippen LogP contribution in [0.5, 0.6) is 5.75 Å². The molecular weight excluding hydrogens is 775 g/mol. The highest BCUT2D eigenvalue weighted by Crippen LogP contribution is 2.62. The number of hydrogen-bond acceptors (Lipinski definition) is 11. The molecule has 1 aromatic heterocycles. The van der Waals surface area contributed by atoms with Crippen molar-refractivity contribution < 1.29 is 39.5 Å². The first-order valence-electron chi connectivity index (χ1n) is 22.6. The lowest BCUT2D eigenvalue weighted by molar-refractivity contribution is -0.218. The Morgan fingerprint density at radius 1 is 1.05 bits per heavy atom. The standard InChI is InChI=1S/C48H65N5O8/c1-6-45(58)24-29-25-47(44(57)61-5,39-33(14-19-52(27-29)28-45)31-12-8-9-13-35(31)50-39)26-30-22-34-32-15-20-53-18-10-16-46(7-2)40(53)38(32)41(51(3)36(34)23-37(30)60-4)48(59,42(46)55)43(56)49-17-11-21-54/h8-10,12-13,16,22-23,29,32,38,40-42,50,54-55,58-59H,6-7,11,14-15,17-21,24-28H2,1-5H3,(H,49,56)/t29?,32?,38?,40?,41?,42-,45?,46-,47?,48+/m1/s1. The van der Waals surface area contributed by atoms with Crippen molar-refractivity contribution in [3.8, 4) is 5.75 Å². The van der Waals surface area contributed by atoms with E-state index < -0.39 is 40.1 Å². The molecule has 1 aliphatic carbocycles. The molecule has 61 heavy (non-hydrogen) atoms. The maximum Gasteiger partial charge on any atom is 0.318 e. The number of fused-ring (bicyclic) bond motifs is 7. The van der Waals surface area contributed by atoms with Crippen molar-refractivity contribution in [1.29, 1.82) is 0 Å². The Hall–Kier alpha value is -3.98. The third-order valence-electron chi connectivity index (χ3n) is 16.3. The van der Waals surface area contributed by atoms with Gasteiger partial charge in [0.15, 0.2) is 5.60 Å². The molecule has 0 radical (unpaired) electrons. The molecule has 13 nitrogen and oxygen atoms in total. The molecule has 3 fully saturated rings. The first kappa shape index (κ1) is 42.3. The van der Waals surface area contributed by atoms with Crippen molar-refractivity contribution in [2.75, 3.05) is 72.0 Å². The first-order valence-corrected chi connectivity index (χ1v) is 22.6. The molecule has 6 aliphatic rings. The Balaban J connectivity index is 1.22. The fourth-order valence-corrected chi connectivity index (χ4v) is 13.6. The smallest absolute Gasteiger partial charge is 0.318 e. The number of nitrogens with one attached hydrogen (secondary N) is 2. The van der Waals surface area contributed by atoms with Gasteiger partial charge in [-0.05, 0) is 98.6 Å². The summed E-state index contributed by atoms with van der Waals surface area (Å²) in [6.45, 7) is 7.77. The Bertz CT molecular complexity index is 2210. The van der Waals surface area contributed by atoms with Gasteiger partial charge in [0.1, 0.15) is 17.3 Å². The Kier molecular flexibility index (Phi) is 10.9. The molecule has 11 atom stereocenters. The van der Waals surface area contributed by atoms with Gasteiger partial charge in [0.05, 0.1) is 25.9 Å². The van der Waals surface area contributed by atoms with Crippen molar-refractivity contribution in [2.24, 2.45) is 17.3 Å². The molecule has 1 amide bonds. The molecule has 3 aromatic rings. The van der Waals surface area contributed by atoms with Gasteiger partial charge >= 0.3 is 5.97 Å². The number of carbonyl (C=O) groups is 2. The molecule has 1 saturated carbocycles. The predicted octanol–water partition coefficient (Wildman–Crippen LogP) is 3.40. The van der Waals surface area contributed by atoms with Crippen LogP contribution in [0.2, 0.25) is 0 Å². The number of carbonyl (C=O) groups excluding carboxylic acids is 2. The highest BCUT2D eigenvalue weighted by molar-refractivity contribution is 5.91. The van der Waals surface area contributed by atoms with Crippen LogP contribution in [0.15, 0.2) is 48.6 Å². The van der Waals surface area contributed by atoms with Crippen molar-refractivity contribution in [3.63, 3.8) is 0 Å². The SMILES string of the molecule is CCC1(O)CC2CN(CCc3c([nH]c4ccccc34)C(Cc3cc4c(cc3OC)N(C)C3C5C4CCN4CC=C[C@](CC)(C54)[C@@H](O)[C@]3(O)C(=O)NCCCO)(C(=O)OC)C2)C1. The number of aromatic nitrogens is 1. The molecule has 2 saturated heterocycles. The van der Waals surface area contributed by atoms with Gasteiger partial charge in [-0.3, -0.25) is 19.4 Å². The third kappa shape index (κ3) is 6.31. The highest BCUT2D eigenvalue weighted by Gasteiger charge is 2.72. The summed E-state index contributed by atoms with van der Waals surface area (Å²) >= 11 is 0. The van der Waals surface area contributed by atoms with Crippen LogP contribution < -0.4 is 15.0 Å². The summed E-state index contributed by atoms with van der Waals surface area (Å²) in [5, 5.41) is 50.9. The monoisotopic (exact) mass is 839 g/mol.